The second-order valence-corrected chi connectivity index (χ2v) is 8.19. The maximum absolute atomic E-state index is 13.0. The summed E-state index contributed by atoms with van der Waals surface area (Å²) in [6.07, 6.45) is 4.91. The quantitative estimate of drug-likeness (QED) is 0.518. The average Bonchev–Trinajstić information content (AvgIpc) is 3.31. The van der Waals surface area contributed by atoms with E-state index < -0.39 is 17.8 Å². The second kappa shape index (κ2) is 9.44. The van der Waals surface area contributed by atoms with E-state index in [-0.39, 0.29) is 11.6 Å². The van der Waals surface area contributed by atoms with E-state index in [1.54, 1.807) is 30.3 Å². The van der Waals surface area contributed by atoms with Crippen LogP contribution in [0.2, 0.25) is 5.02 Å². The molecule has 0 unspecified atom stereocenters. The molecule has 2 aliphatic rings. The van der Waals surface area contributed by atoms with Gasteiger partial charge in [0.2, 0.25) is 0 Å². The lowest BCUT2D eigenvalue weighted by Gasteiger charge is -2.31. The molecule has 4 rings (SSSR count). The Labute approximate surface area is 190 Å². The molecule has 32 heavy (non-hydrogen) atoms. The van der Waals surface area contributed by atoms with Crippen LogP contribution in [0.4, 0.5) is 4.79 Å². The molecule has 0 atom stereocenters. The second-order valence-electron chi connectivity index (χ2n) is 7.76. The van der Waals surface area contributed by atoms with Crippen LogP contribution in [0.15, 0.2) is 48.0 Å². The number of amides is 4. The molecule has 4 amide bonds. The topological polar surface area (TPSA) is 84.9 Å². The van der Waals surface area contributed by atoms with E-state index in [4.69, 9.17) is 21.1 Å². The highest BCUT2D eigenvalue weighted by Gasteiger charge is 2.40. The smallest absolute Gasteiger partial charge is 0.331 e. The van der Waals surface area contributed by atoms with Gasteiger partial charge in [0.05, 0.1) is 7.11 Å². The van der Waals surface area contributed by atoms with Crippen molar-refractivity contribution in [1.82, 2.24) is 10.2 Å². The Balaban J connectivity index is 1.54. The van der Waals surface area contributed by atoms with Crippen molar-refractivity contribution in [2.24, 2.45) is 0 Å². The molecular weight excluding hydrogens is 432 g/mol. The number of ether oxygens (including phenoxy) is 2. The largest absolute Gasteiger partial charge is 0.493 e. The van der Waals surface area contributed by atoms with Gasteiger partial charge in [0.25, 0.3) is 11.8 Å². The van der Waals surface area contributed by atoms with Gasteiger partial charge in [-0.2, -0.15) is 0 Å². The van der Waals surface area contributed by atoms with E-state index >= 15 is 0 Å². The van der Waals surface area contributed by atoms with Crippen LogP contribution < -0.4 is 14.8 Å². The van der Waals surface area contributed by atoms with E-state index in [9.17, 15) is 14.4 Å². The fourth-order valence-electron chi connectivity index (χ4n) is 3.97. The summed E-state index contributed by atoms with van der Waals surface area (Å²) in [6.45, 7) is 0.327. The van der Waals surface area contributed by atoms with Crippen LogP contribution in [0.3, 0.4) is 0 Å². The van der Waals surface area contributed by atoms with Crippen molar-refractivity contribution < 1.29 is 23.9 Å². The van der Waals surface area contributed by atoms with Crippen LogP contribution in [0.1, 0.15) is 36.8 Å². The third-order valence-electron chi connectivity index (χ3n) is 5.63. The summed E-state index contributed by atoms with van der Waals surface area (Å²) in [5, 5.41) is 2.93. The zero-order chi connectivity index (χ0) is 22.7. The average molecular weight is 455 g/mol. The number of benzene rings is 2. The van der Waals surface area contributed by atoms with Crippen LogP contribution in [0, 0.1) is 0 Å². The van der Waals surface area contributed by atoms with Gasteiger partial charge in [-0.3, -0.25) is 19.8 Å². The van der Waals surface area contributed by atoms with Gasteiger partial charge in [-0.15, -0.1) is 0 Å². The Bertz CT molecular complexity index is 1070. The predicted octanol–water partition coefficient (Wildman–Crippen LogP) is 4.33. The molecule has 1 saturated heterocycles. The highest BCUT2D eigenvalue weighted by molar-refractivity contribution is 6.31. The van der Waals surface area contributed by atoms with Gasteiger partial charge in [0.15, 0.2) is 11.5 Å². The van der Waals surface area contributed by atoms with Crippen LogP contribution in [0.5, 0.6) is 11.5 Å². The number of nitrogens with zero attached hydrogens (tertiary/aromatic N) is 1. The van der Waals surface area contributed by atoms with Crippen LogP contribution in [0.25, 0.3) is 6.08 Å². The molecule has 2 aromatic carbocycles. The number of urea groups is 1. The fraction of sp³-hybridized carbons (Fsp3) is 0.292. The first-order chi connectivity index (χ1) is 15.5. The number of methoxy groups -OCH3 is 1. The SMILES string of the molecule is COc1cc(/C=C2\C(=O)NC(=O)N(C3CCCC3)C2=O)ccc1OCc1ccc(Cl)cc1. The van der Waals surface area contributed by atoms with Crippen molar-refractivity contribution in [3.8, 4) is 11.5 Å². The Hall–Kier alpha value is -3.32. The molecule has 0 radical (unpaired) electrons. The van der Waals surface area contributed by atoms with Crippen LogP contribution in [-0.2, 0) is 16.2 Å². The Kier molecular flexibility index (Phi) is 6.46. The van der Waals surface area contributed by atoms with Crippen molar-refractivity contribution in [2.45, 2.75) is 38.3 Å². The Morgan fingerprint density at radius 1 is 1.06 bits per heavy atom. The zero-order valence-electron chi connectivity index (χ0n) is 17.6. The molecule has 166 valence electrons. The summed E-state index contributed by atoms with van der Waals surface area (Å²) in [5.74, 6) is -0.281. The fourth-order valence-corrected chi connectivity index (χ4v) is 4.09. The number of rotatable bonds is 6. The van der Waals surface area contributed by atoms with Crippen molar-refractivity contribution in [2.75, 3.05) is 7.11 Å². The zero-order valence-corrected chi connectivity index (χ0v) is 18.4. The van der Waals surface area contributed by atoms with Crippen LogP contribution in [-0.4, -0.2) is 35.9 Å². The molecule has 0 bridgehead atoms. The molecule has 0 spiro atoms. The Morgan fingerprint density at radius 3 is 2.47 bits per heavy atom. The molecule has 2 aromatic rings. The molecular formula is C24H23ClN2O5. The molecule has 1 aliphatic carbocycles. The third-order valence-corrected chi connectivity index (χ3v) is 5.88. The van der Waals surface area contributed by atoms with Crippen molar-refractivity contribution in [3.05, 3.63) is 64.2 Å². The van der Waals surface area contributed by atoms with E-state index in [0.29, 0.717) is 28.7 Å². The first-order valence-corrected chi connectivity index (χ1v) is 10.8. The minimum atomic E-state index is -0.698. The molecule has 7 nitrogen and oxygen atoms in total. The normalized spacial score (nSPS) is 18.2. The number of barbiturate groups is 1. The standard InChI is InChI=1S/C24H23ClN2O5/c1-31-21-13-16(8-11-20(21)32-14-15-6-9-17(25)10-7-15)12-19-22(28)26-24(30)27(23(19)29)18-4-2-3-5-18/h6-13,18H,2-5,14H2,1H3,(H,26,28,30)/b19-12+. The number of halogens is 1. The lowest BCUT2D eigenvalue weighted by Crippen LogP contribution is -2.57. The van der Waals surface area contributed by atoms with Gasteiger partial charge in [-0.05, 0) is 54.3 Å². The molecule has 1 N–H and O–H groups in total. The van der Waals surface area contributed by atoms with Gasteiger partial charge >= 0.3 is 6.03 Å². The number of hydrogen-bond acceptors (Lipinski definition) is 5. The van der Waals surface area contributed by atoms with E-state index in [2.05, 4.69) is 5.32 Å². The maximum atomic E-state index is 13.0. The van der Waals surface area contributed by atoms with Gasteiger partial charge in [0.1, 0.15) is 12.2 Å². The van der Waals surface area contributed by atoms with Gasteiger partial charge in [-0.25, -0.2) is 4.79 Å². The summed E-state index contributed by atoms with van der Waals surface area (Å²) >= 11 is 5.91. The summed E-state index contributed by atoms with van der Waals surface area (Å²) in [6, 6.07) is 11.6. The lowest BCUT2D eigenvalue weighted by atomic mass is 10.0. The van der Waals surface area contributed by atoms with Gasteiger partial charge in [-0.1, -0.05) is 42.6 Å². The number of nitrogens with one attached hydrogen (secondary N) is 1. The monoisotopic (exact) mass is 454 g/mol. The van der Waals surface area contributed by atoms with Crippen molar-refractivity contribution >= 4 is 35.5 Å². The number of carbonyl (C=O) groups is 3. The summed E-state index contributed by atoms with van der Waals surface area (Å²) in [7, 11) is 1.51. The highest BCUT2D eigenvalue weighted by atomic mass is 35.5. The Morgan fingerprint density at radius 2 is 1.78 bits per heavy atom. The van der Waals surface area contributed by atoms with E-state index in [1.165, 1.54) is 18.1 Å². The first-order valence-electron chi connectivity index (χ1n) is 10.4. The van der Waals surface area contributed by atoms with E-state index in [0.717, 1.165) is 31.2 Å². The van der Waals surface area contributed by atoms with Gasteiger partial charge in [0, 0.05) is 11.1 Å². The molecule has 1 saturated carbocycles. The molecule has 1 heterocycles. The molecule has 2 fully saturated rings. The highest BCUT2D eigenvalue weighted by Crippen LogP contribution is 2.31. The molecule has 8 heteroatoms. The van der Waals surface area contributed by atoms with Crippen molar-refractivity contribution in [3.63, 3.8) is 0 Å². The predicted molar refractivity (Wildman–Crippen MR) is 119 cm³/mol. The van der Waals surface area contributed by atoms with Crippen LogP contribution >= 0.6 is 11.6 Å². The van der Waals surface area contributed by atoms with Crippen molar-refractivity contribution in [1.29, 1.82) is 0 Å². The molecule has 1 aliphatic heterocycles. The molecule has 0 aromatic heterocycles. The number of imide groups is 2. The minimum absolute atomic E-state index is 0.0756. The summed E-state index contributed by atoms with van der Waals surface area (Å²) in [5.41, 5.74) is 1.46. The first kappa shape index (κ1) is 21.9. The number of carbonyl (C=O) groups excluding carboxylic acids is 3. The maximum Gasteiger partial charge on any atom is 0.331 e. The number of hydrogen-bond donors (Lipinski definition) is 1. The summed E-state index contributed by atoms with van der Waals surface area (Å²) in [4.78, 5) is 38.8. The summed E-state index contributed by atoms with van der Waals surface area (Å²) < 4.78 is 11.3. The minimum Gasteiger partial charge on any atom is -0.493 e. The third kappa shape index (κ3) is 4.62. The lowest BCUT2D eigenvalue weighted by molar-refractivity contribution is -0.131. The van der Waals surface area contributed by atoms with E-state index in [1.807, 2.05) is 12.1 Å². The van der Waals surface area contributed by atoms with Gasteiger partial charge < -0.3 is 9.47 Å².